The van der Waals surface area contributed by atoms with Crippen molar-refractivity contribution in [2.24, 2.45) is 18.5 Å². The van der Waals surface area contributed by atoms with Crippen LogP contribution in [0.25, 0.3) is 0 Å². The lowest BCUT2D eigenvalue weighted by Crippen LogP contribution is -2.37. The van der Waals surface area contributed by atoms with E-state index in [4.69, 9.17) is 23.7 Å². The number of nitrogens with two attached hydrogens (primary N) is 2. The van der Waals surface area contributed by atoms with E-state index in [-0.39, 0.29) is 17.4 Å². The van der Waals surface area contributed by atoms with Gasteiger partial charge in [0.25, 0.3) is 0 Å². The number of amides is 1. The van der Waals surface area contributed by atoms with Crippen LogP contribution in [0.2, 0.25) is 0 Å². The van der Waals surface area contributed by atoms with Crippen molar-refractivity contribution in [1.82, 2.24) is 9.78 Å². The average molecular weight is 283 g/mol. The lowest BCUT2D eigenvalue weighted by molar-refractivity contribution is -0.116. The summed E-state index contributed by atoms with van der Waals surface area (Å²) in [7, 11) is 1.81. The molecule has 19 heavy (non-hydrogen) atoms. The number of nitrogens with zero attached hydrogens (tertiary/aromatic N) is 3. The molecular weight excluding hydrogens is 262 g/mol. The van der Waals surface area contributed by atoms with Crippen LogP contribution in [-0.4, -0.2) is 33.8 Å². The number of carbonyl (C=O) groups excluding carboxylic acids is 1. The van der Waals surface area contributed by atoms with Crippen molar-refractivity contribution in [1.29, 1.82) is 0 Å². The number of anilines is 1. The van der Waals surface area contributed by atoms with Gasteiger partial charge < -0.3 is 16.4 Å². The fraction of sp³-hybridized carbons (Fsp3) is 0.583. The van der Waals surface area contributed by atoms with E-state index in [1.807, 2.05) is 18.9 Å². The second-order valence-electron chi connectivity index (χ2n) is 4.51. The molecule has 106 valence electrons. The Balaban J connectivity index is 3.20. The van der Waals surface area contributed by atoms with E-state index in [1.54, 1.807) is 4.68 Å². The molecule has 0 unspecified atom stereocenters. The molecule has 1 aromatic rings. The summed E-state index contributed by atoms with van der Waals surface area (Å²) in [4.78, 5) is 13.4. The maximum Gasteiger partial charge on any atom is 0.236 e. The van der Waals surface area contributed by atoms with Gasteiger partial charge in [-0.3, -0.25) is 9.48 Å². The Morgan fingerprint density at radius 3 is 2.58 bits per heavy atom. The lowest BCUT2D eigenvalue weighted by Gasteiger charge is -2.24. The van der Waals surface area contributed by atoms with Crippen LogP contribution in [0.15, 0.2) is 0 Å². The molecule has 0 radical (unpaired) electrons. The predicted molar refractivity (Wildman–Crippen MR) is 80.1 cm³/mol. The molecule has 0 saturated heterocycles. The Bertz CT molecular complexity index is 483. The topological polar surface area (TPSA) is 90.2 Å². The zero-order chi connectivity index (χ0) is 14.6. The van der Waals surface area contributed by atoms with Gasteiger partial charge in [0, 0.05) is 13.6 Å². The molecule has 0 saturated carbocycles. The summed E-state index contributed by atoms with van der Waals surface area (Å²) in [6.07, 6.45) is 1.97. The zero-order valence-corrected chi connectivity index (χ0v) is 12.5. The van der Waals surface area contributed by atoms with Crippen LogP contribution < -0.4 is 16.4 Å². The molecule has 0 spiro atoms. The number of primary amides is 1. The molecule has 6 nitrogen and oxygen atoms in total. The largest absolute Gasteiger partial charge is 0.389 e. The Kier molecular flexibility index (Phi) is 5.29. The highest BCUT2D eigenvalue weighted by Crippen LogP contribution is 2.23. The van der Waals surface area contributed by atoms with Gasteiger partial charge in [0.15, 0.2) is 0 Å². The van der Waals surface area contributed by atoms with Crippen LogP contribution in [0.4, 0.5) is 5.82 Å². The lowest BCUT2D eigenvalue weighted by atomic mass is 10.2. The van der Waals surface area contributed by atoms with E-state index in [0.29, 0.717) is 6.54 Å². The number of hydrogen-bond donors (Lipinski definition) is 2. The Hall–Kier alpha value is -1.63. The predicted octanol–water partition coefficient (Wildman–Crippen LogP) is 0.455. The van der Waals surface area contributed by atoms with E-state index in [2.05, 4.69) is 12.0 Å². The second-order valence-corrected chi connectivity index (χ2v) is 4.95. The van der Waals surface area contributed by atoms with E-state index >= 15 is 0 Å². The number of rotatable bonds is 7. The van der Waals surface area contributed by atoms with Crippen molar-refractivity contribution in [2.45, 2.75) is 26.7 Å². The summed E-state index contributed by atoms with van der Waals surface area (Å²) < 4.78 is 1.70. The smallest absolute Gasteiger partial charge is 0.236 e. The van der Waals surface area contributed by atoms with Crippen LogP contribution >= 0.6 is 12.2 Å². The molecule has 1 heterocycles. The van der Waals surface area contributed by atoms with Gasteiger partial charge in [-0.2, -0.15) is 5.10 Å². The van der Waals surface area contributed by atoms with Gasteiger partial charge in [-0.05, 0) is 13.3 Å². The molecule has 1 aromatic heterocycles. The number of aromatic nitrogens is 2. The molecule has 0 atom stereocenters. The van der Waals surface area contributed by atoms with Gasteiger partial charge in [0.1, 0.15) is 10.8 Å². The first-order chi connectivity index (χ1) is 8.88. The summed E-state index contributed by atoms with van der Waals surface area (Å²) in [5.74, 6) is 0.376. The molecule has 1 rings (SSSR count). The van der Waals surface area contributed by atoms with Gasteiger partial charge in [-0.15, -0.1) is 0 Å². The first-order valence-corrected chi connectivity index (χ1v) is 6.65. The standard InChI is InChI=1S/C12H21N5OS/c1-4-5-6-17(7-9(13)18)12-10(11(14)19)8(2)15-16(12)3/h4-7H2,1-3H3,(H2,13,18)(H2,14,19). The molecule has 0 aromatic carbocycles. The van der Waals surface area contributed by atoms with Crippen LogP contribution in [0.3, 0.4) is 0 Å². The van der Waals surface area contributed by atoms with Crippen LogP contribution in [-0.2, 0) is 11.8 Å². The van der Waals surface area contributed by atoms with Crippen molar-refractivity contribution in [3.63, 3.8) is 0 Å². The first-order valence-electron chi connectivity index (χ1n) is 6.25. The normalized spacial score (nSPS) is 10.5. The summed E-state index contributed by atoms with van der Waals surface area (Å²) in [5, 5.41) is 4.32. The minimum atomic E-state index is -0.385. The fourth-order valence-corrected chi connectivity index (χ4v) is 2.33. The first kappa shape index (κ1) is 15.4. The minimum absolute atomic E-state index is 0.134. The van der Waals surface area contributed by atoms with Crippen LogP contribution in [0.1, 0.15) is 31.0 Å². The number of hydrogen-bond acceptors (Lipinski definition) is 4. The van der Waals surface area contributed by atoms with Gasteiger partial charge in [-0.25, -0.2) is 0 Å². The maximum absolute atomic E-state index is 11.2. The molecule has 0 aliphatic carbocycles. The van der Waals surface area contributed by atoms with Crippen molar-refractivity contribution in [3.05, 3.63) is 11.3 Å². The van der Waals surface area contributed by atoms with E-state index in [1.165, 1.54) is 0 Å². The highest BCUT2D eigenvalue weighted by atomic mass is 32.1. The van der Waals surface area contributed by atoms with Crippen molar-refractivity contribution >= 4 is 28.9 Å². The quantitative estimate of drug-likeness (QED) is 0.709. The van der Waals surface area contributed by atoms with Crippen LogP contribution in [0, 0.1) is 6.92 Å². The Labute approximate surface area is 118 Å². The highest BCUT2D eigenvalue weighted by molar-refractivity contribution is 7.80. The number of unbranched alkanes of at least 4 members (excludes halogenated alkanes) is 1. The molecule has 7 heteroatoms. The molecular formula is C12H21N5OS. The van der Waals surface area contributed by atoms with Gasteiger partial charge in [0.2, 0.25) is 5.91 Å². The zero-order valence-electron chi connectivity index (χ0n) is 11.6. The summed E-state index contributed by atoms with van der Waals surface area (Å²) in [6.45, 7) is 4.79. The molecule has 0 fully saturated rings. The van der Waals surface area contributed by atoms with Gasteiger partial charge in [-0.1, -0.05) is 25.6 Å². The highest BCUT2D eigenvalue weighted by Gasteiger charge is 2.21. The average Bonchev–Trinajstić information content (AvgIpc) is 2.59. The molecule has 0 bridgehead atoms. The second kappa shape index (κ2) is 6.51. The van der Waals surface area contributed by atoms with Gasteiger partial charge >= 0.3 is 0 Å². The summed E-state index contributed by atoms with van der Waals surface area (Å²) in [6, 6.07) is 0. The van der Waals surface area contributed by atoms with Crippen molar-refractivity contribution in [3.8, 4) is 0 Å². The minimum Gasteiger partial charge on any atom is -0.389 e. The third-order valence-electron chi connectivity index (χ3n) is 2.87. The molecule has 0 aliphatic rings. The monoisotopic (exact) mass is 283 g/mol. The van der Waals surface area contributed by atoms with E-state index < -0.39 is 0 Å². The molecule has 0 aliphatic heterocycles. The molecule has 1 amide bonds. The maximum atomic E-state index is 11.2. The van der Waals surface area contributed by atoms with Crippen LogP contribution in [0.5, 0.6) is 0 Å². The van der Waals surface area contributed by atoms with Crippen molar-refractivity contribution in [2.75, 3.05) is 18.0 Å². The third-order valence-corrected chi connectivity index (χ3v) is 3.07. The summed E-state index contributed by atoms with van der Waals surface area (Å²) in [5.41, 5.74) is 12.5. The van der Waals surface area contributed by atoms with E-state index in [9.17, 15) is 4.79 Å². The summed E-state index contributed by atoms with van der Waals surface area (Å²) >= 11 is 5.08. The fourth-order valence-electron chi connectivity index (χ4n) is 2.09. The number of aryl methyl sites for hydroxylation is 2. The van der Waals surface area contributed by atoms with E-state index in [0.717, 1.165) is 29.9 Å². The number of thiocarbonyl (C=S) groups is 1. The third kappa shape index (κ3) is 3.66. The van der Waals surface area contributed by atoms with Gasteiger partial charge in [0.05, 0.1) is 17.8 Å². The number of carbonyl (C=O) groups is 1. The Morgan fingerprint density at radius 2 is 2.11 bits per heavy atom. The SMILES string of the molecule is CCCCN(CC(N)=O)c1c(C(N)=S)c(C)nn1C. The Morgan fingerprint density at radius 1 is 1.47 bits per heavy atom. The molecule has 4 N–H and O–H groups in total. The van der Waals surface area contributed by atoms with Crippen molar-refractivity contribution < 1.29 is 4.79 Å².